The Balaban J connectivity index is 1.60. The highest BCUT2D eigenvalue weighted by Crippen LogP contribution is 2.22. The lowest BCUT2D eigenvalue weighted by Crippen LogP contribution is -2.47. The van der Waals surface area contributed by atoms with Gasteiger partial charge in [0.2, 0.25) is 5.91 Å². The second-order valence-corrected chi connectivity index (χ2v) is 6.32. The Hall–Kier alpha value is -1.12. The van der Waals surface area contributed by atoms with Gasteiger partial charge in [-0.05, 0) is 7.05 Å². The second kappa shape index (κ2) is 7.05. The molecule has 1 saturated heterocycles. The summed E-state index contributed by atoms with van der Waals surface area (Å²) in [6, 6.07) is 0. The lowest BCUT2D eigenvalue weighted by atomic mass is 10.2. The van der Waals surface area contributed by atoms with Crippen molar-refractivity contribution in [1.82, 2.24) is 15.1 Å². The van der Waals surface area contributed by atoms with Crippen LogP contribution < -0.4 is 11.1 Å². The minimum atomic E-state index is -0.446. The number of nitrogens with zero attached hydrogens (tertiary/aromatic N) is 3. The molecule has 1 fully saturated rings. The summed E-state index contributed by atoms with van der Waals surface area (Å²) >= 11 is 1.17. The summed E-state index contributed by atoms with van der Waals surface area (Å²) in [6.07, 6.45) is 0.149. The maximum Gasteiger partial charge on any atom is 0.262 e. The van der Waals surface area contributed by atoms with E-state index in [0.717, 1.165) is 32.7 Å². The standard InChI is InChI=1S/C12H21N5O2S/c1-16-4-6-17(7-5-16)3-2-14-10(18)8-9-11(19)15-12(13)20-9/h9H,2-8H2,1H3,(H,14,18)(H2,13,15,19). The number of amides is 2. The molecule has 2 aliphatic rings. The molecule has 0 saturated carbocycles. The molecule has 0 aromatic rings. The van der Waals surface area contributed by atoms with Crippen molar-refractivity contribution in [3.05, 3.63) is 0 Å². The summed E-state index contributed by atoms with van der Waals surface area (Å²) < 4.78 is 0. The van der Waals surface area contributed by atoms with Crippen molar-refractivity contribution in [3.63, 3.8) is 0 Å². The van der Waals surface area contributed by atoms with Gasteiger partial charge in [-0.15, -0.1) is 0 Å². The van der Waals surface area contributed by atoms with Crippen molar-refractivity contribution in [2.45, 2.75) is 11.7 Å². The Morgan fingerprint density at radius 2 is 2.15 bits per heavy atom. The van der Waals surface area contributed by atoms with Crippen LogP contribution in [0.5, 0.6) is 0 Å². The monoisotopic (exact) mass is 299 g/mol. The van der Waals surface area contributed by atoms with Gasteiger partial charge in [0, 0.05) is 45.7 Å². The zero-order valence-electron chi connectivity index (χ0n) is 11.7. The molecule has 2 heterocycles. The number of nitrogens with one attached hydrogen (secondary N) is 1. The van der Waals surface area contributed by atoms with Gasteiger partial charge in [-0.2, -0.15) is 4.99 Å². The molecule has 8 heteroatoms. The highest BCUT2D eigenvalue weighted by molar-refractivity contribution is 8.15. The van der Waals surface area contributed by atoms with Crippen molar-refractivity contribution in [2.75, 3.05) is 46.3 Å². The summed E-state index contributed by atoms with van der Waals surface area (Å²) in [6.45, 7) is 5.67. The van der Waals surface area contributed by atoms with Crippen LogP contribution >= 0.6 is 11.8 Å². The van der Waals surface area contributed by atoms with Crippen LogP contribution in [-0.4, -0.2) is 78.3 Å². The summed E-state index contributed by atoms with van der Waals surface area (Å²) in [4.78, 5) is 31.4. The van der Waals surface area contributed by atoms with E-state index in [-0.39, 0.29) is 23.4 Å². The largest absolute Gasteiger partial charge is 0.378 e. The van der Waals surface area contributed by atoms with E-state index in [2.05, 4.69) is 27.2 Å². The van der Waals surface area contributed by atoms with Crippen molar-refractivity contribution < 1.29 is 9.59 Å². The van der Waals surface area contributed by atoms with Gasteiger partial charge in [0.15, 0.2) is 5.17 Å². The number of nitrogens with two attached hydrogens (primary N) is 1. The molecule has 112 valence electrons. The number of aliphatic imine (C=N–C) groups is 1. The third-order valence-corrected chi connectivity index (χ3v) is 4.46. The van der Waals surface area contributed by atoms with E-state index in [4.69, 9.17) is 5.73 Å². The van der Waals surface area contributed by atoms with E-state index in [1.807, 2.05) is 0 Å². The molecule has 0 aliphatic carbocycles. The highest BCUT2D eigenvalue weighted by Gasteiger charge is 2.29. The van der Waals surface area contributed by atoms with Gasteiger partial charge >= 0.3 is 0 Å². The van der Waals surface area contributed by atoms with Crippen LogP contribution in [0.3, 0.4) is 0 Å². The summed E-state index contributed by atoms with van der Waals surface area (Å²) in [5, 5.41) is 2.66. The smallest absolute Gasteiger partial charge is 0.262 e. The van der Waals surface area contributed by atoms with Crippen LogP contribution in [0.1, 0.15) is 6.42 Å². The average molecular weight is 299 g/mol. The van der Waals surface area contributed by atoms with Gasteiger partial charge in [0.25, 0.3) is 5.91 Å². The van der Waals surface area contributed by atoms with Crippen molar-refractivity contribution in [1.29, 1.82) is 0 Å². The molecule has 20 heavy (non-hydrogen) atoms. The van der Waals surface area contributed by atoms with Crippen LogP contribution in [0.2, 0.25) is 0 Å². The molecule has 2 aliphatic heterocycles. The maximum absolute atomic E-state index is 11.7. The molecule has 0 radical (unpaired) electrons. The first-order valence-corrected chi connectivity index (χ1v) is 7.65. The fourth-order valence-electron chi connectivity index (χ4n) is 2.20. The molecular formula is C12H21N5O2S. The molecule has 0 aromatic heterocycles. The number of hydrogen-bond acceptors (Lipinski definition) is 6. The summed E-state index contributed by atoms with van der Waals surface area (Å²) in [7, 11) is 2.11. The lowest BCUT2D eigenvalue weighted by molar-refractivity contribution is -0.124. The van der Waals surface area contributed by atoms with Gasteiger partial charge in [0.1, 0.15) is 5.25 Å². The third-order valence-electron chi connectivity index (χ3n) is 3.48. The minimum Gasteiger partial charge on any atom is -0.378 e. The Morgan fingerprint density at radius 1 is 1.45 bits per heavy atom. The van der Waals surface area contributed by atoms with Crippen molar-refractivity contribution in [2.24, 2.45) is 10.7 Å². The number of likely N-dealkylation sites (N-methyl/N-ethyl adjacent to an activating group) is 1. The van der Waals surface area contributed by atoms with Crippen LogP contribution in [0, 0.1) is 0 Å². The topological polar surface area (TPSA) is 91.0 Å². The predicted molar refractivity (Wildman–Crippen MR) is 79.6 cm³/mol. The van der Waals surface area contributed by atoms with E-state index in [9.17, 15) is 9.59 Å². The van der Waals surface area contributed by atoms with Crippen molar-refractivity contribution in [3.8, 4) is 0 Å². The zero-order valence-corrected chi connectivity index (χ0v) is 12.5. The molecule has 1 atom stereocenters. The molecule has 0 aromatic carbocycles. The molecule has 1 unspecified atom stereocenters. The number of carbonyl (C=O) groups is 2. The molecule has 7 nitrogen and oxygen atoms in total. The quantitative estimate of drug-likeness (QED) is 0.655. The molecule has 2 amide bonds. The minimum absolute atomic E-state index is 0.116. The number of thioether (sulfide) groups is 1. The van der Waals surface area contributed by atoms with Gasteiger partial charge in [0.05, 0.1) is 0 Å². The van der Waals surface area contributed by atoms with Crippen molar-refractivity contribution >= 4 is 28.7 Å². The average Bonchev–Trinajstić information content (AvgIpc) is 2.70. The Labute approximate surface area is 122 Å². The van der Waals surface area contributed by atoms with Crippen LogP contribution in [0.25, 0.3) is 0 Å². The van der Waals surface area contributed by atoms with E-state index >= 15 is 0 Å². The number of rotatable bonds is 5. The predicted octanol–water partition coefficient (Wildman–Crippen LogP) is -1.30. The summed E-state index contributed by atoms with van der Waals surface area (Å²) in [5.74, 6) is -0.420. The highest BCUT2D eigenvalue weighted by atomic mass is 32.2. The van der Waals surface area contributed by atoms with Gasteiger partial charge < -0.3 is 16.0 Å². The van der Waals surface area contributed by atoms with Crippen LogP contribution in [0.4, 0.5) is 0 Å². The molecule has 3 N–H and O–H groups in total. The number of amidine groups is 1. The number of carbonyl (C=O) groups excluding carboxylic acids is 2. The molecule has 0 bridgehead atoms. The second-order valence-electron chi connectivity index (χ2n) is 5.09. The van der Waals surface area contributed by atoms with Gasteiger partial charge in [-0.3, -0.25) is 14.5 Å². The first-order chi connectivity index (χ1) is 9.54. The first kappa shape index (κ1) is 15.3. The summed E-state index contributed by atoms with van der Waals surface area (Å²) in [5.41, 5.74) is 5.45. The van der Waals surface area contributed by atoms with Gasteiger partial charge in [-0.25, -0.2) is 0 Å². The fraction of sp³-hybridized carbons (Fsp3) is 0.750. The fourth-order valence-corrected chi connectivity index (χ4v) is 3.02. The Morgan fingerprint density at radius 3 is 2.75 bits per heavy atom. The molecular weight excluding hydrogens is 278 g/mol. The Bertz CT molecular complexity index is 407. The number of hydrogen-bond donors (Lipinski definition) is 2. The van der Waals surface area contributed by atoms with E-state index in [0.29, 0.717) is 6.54 Å². The van der Waals surface area contributed by atoms with E-state index < -0.39 is 5.25 Å². The SMILES string of the molecule is CN1CCN(CCNC(=O)CC2SC(N)=NC2=O)CC1. The first-order valence-electron chi connectivity index (χ1n) is 6.77. The van der Waals surface area contributed by atoms with Crippen LogP contribution in [0.15, 0.2) is 4.99 Å². The third kappa shape index (κ3) is 4.46. The van der Waals surface area contributed by atoms with Crippen LogP contribution in [-0.2, 0) is 9.59 Å². The zero-order chi connectivity index (χ0) is 14.5. The molecule has 2 rings (SSSR count). The molecule has 0 spiro atoms. The van der Waals surface area contributed by atoms with E-state index in [1.165, 1.54) is 11.8 Å². The maximum atomic E-state index is 11.7. The lowest BCUT2D eigenvalue weighted by Gasteiger charge is -2.32. The van der Waals surface area contributed by atoms with Gasteiger partial charge in [-0.1, -0.05) is 11.8 Å². The normalized spacial score (nSPS) is 24.8. The van der Waals surface area contributed by atoms with E-state index in [1.54, 1.807) is 0 Å². The Kier molecular flexibility index (Phi) is 5.38. The number of piperazine rings is 1.